The number of hydrogen-bond acceptors (Lipinski definition) is 11. The molecule has 17 nitrogen and oxygen atoms in total. The van der Waals surface area contributed by atoms with Crippen LogP contribution in [0.1, 0.15) is 114 Å². The molecule has 17 heteroatoms. The number of ether oxygens (including phenoxy) is 2. The van der Waals surface area contributed by atoms with E-state index in [1.807, 2.05) is 52.0 Å². The highest BCUT2D eigenvalue weighted by atomic mass is 16.5. The van der Waals surface area contributed by atoms with Crippen molar-refractivity contribution in [3.05, 3.63) is 88.0 Å². The maximum absolute atomic E-state index is 14.0. The lowest BCUT2D eigenvalue weighted by Crippen LogP contribution is -2.51. The van der Waals surface area contributed by atoms with Crippen LogP contribution < -0.4 is 16.2 Å². The number of fused-ring (bicyclic) bond motifs is 3. The lowest BCUT2D eigenvalue weighted by molar-refractivity contribution is -0.136. The highest BCUT2D eigenvalue weighted by Gasteiger charge is 2.43. The van der Waals surface area contributed by atoms with Crippen molar-refractivity contribution in [2.24, 2.45) is 17.3 Å². The summed E-state index contributed by atoms with van der Waals surface area (Å²) in [7, 11) is 2.56. The third-order valence-corrected chi connectivity index (χ3v) is 15.4. The number of alkyl carbamates (subject to hydrolysis) is 2. The smallest absolute Gasteiger partial charge is 0.407 e. The number of aromatic nitrogens is 5. The molecular formula is C53H61N9O8. The summed E-state index contributed by atoms with van der Waals surface area (Å²) in [4.78, 5) is 85.7. The Kier molecular flexibility index (Phi) is 12.5. The molecule has 1 spiro atoms. The van der Waals surface area contributed by atoms with Gasteiger partial charge in [0.25, 0.3) is 5.56 Å². The van der Waals surface area contributed by atoms with Gasteiger partial charge in [-0.1, -0.05) is 70.0 Å². The number of benzene rings is 3. The zero-order chi connectivity index (χ0) is 49.0. The van der Waals surface area contributed by atoms with Gasteiger partial charge in [0.2, 0.25) is 11.8 Å². The van der Waals surface area contributed by atoms with Crippen LogP contribution in [0.15, 0.2) is 64.2 Å². The monoisotopic (exact) mass is 951 g/mol. The van der Waals surface area contributed by atoms with Crippen LogP contribution >= 0.6 is 0 Å². The lowest BCUT2D eigenvalue weighted by atomic mass is 9.82. The van der Waals surface area contributed by atoms with Crippen molar-refractivity contribution >= 4 is 45.9 Å². The number of aromatic amines is 2. The summed E-state index contributed by atoms with van der Waals surface area (Å²) in [6, 6.07) is 12.2. The predicted molar refractivity (Wildman–Crippen MR) is 262 cm³/mol. The Morgan fingerprint density at radius 3 is 1.93 bits per heavy atom. The van der Waals surface area contributed by atoms with E-state index in [9.17, 15) is 24.0 Å². The maximum atomic E-state index is 14.0. The molecule has 4 atom stereocenters. The Labute approximate surface area is 405 Å². The van der Waals surface area contributed by atoms with Gasteiger partial charge in [-0.2, -0.15) is 0 Å². The van der Waals surface area contributed by atoms with E-state index in [1.165, 1.54) is 38.2 Å². The average Bonchev–Trinajstić information content (AvgIpc) is 4.23. The van der Waals surface area contributed by atoms with Crippen molar-refractivity contribution in [2.45, 2.75) is 116 Å². The van der Waals surface area contributed by atoms with Gasteiger partial charge in [-0.3, -0.25) is 14.4 Å². The summed E-state index contributed by atoms with van der Waals surface area (Å²) in [5.41, 5.74) is 9.44. The number of rotatable bonds is 11. The third kappa shape index (κ3) is 8.36. The van der Waals surface area contributed by atoms with Crippen molar-refractivity contribution < 1.29 is 33.2 Å². The van der Waals surface area contributed by atoms with E-state index in [1.54, 1.807) is 22.2 Å². The van der Waals surface area contributed by atoms with Crippen LogP contribution in [0.25, 0.3) is 55.4 Å². The zero-order valence-electron chi connectivity index (χ0n) is 40.6. The molecule has 2 aliphatic heterocycles. The molecule has 0 radical (unpaired) electrons. The van der Waals surface area contributed by atoms with E-state index in [0.29, 0.717) is 47.6 Å². The number of carbonyl (C=O) groups is 4. The van der Waals surface area contributed by atoms with Crippen molar-refractivity contribution in [2.75, 3.05) is 27.3 Å². The summed E-state index contributed by atoms with van der Waals surface area (Å²) in [5, 5.41) is 11.1. The molecule has 2 aliphatic carbocycles. The van der Waals surface area contributed by atoms with Gasteiger partial charge in [-0.25, -0.2) is 19.6 Å². The van der Waals surface area contributed by atoms with Crippen LogP contribution in [-0.4, -0.2) is 98.3 Å². The minimum absolute atomic E-state index is 0.143. The van der Waals surface area contributed by atoms with E-state index in [0.717, 1.165) is 83.8 Å². The lowest BCUT2D eigenvalue weighted by Gasteiger charge is -2.30. The molecule has 0 unspecified atom stereocenters. The average molecular weight is 952 g/mol. The molecular weight excluding hydrogens is 891 g/mol. The summed E-state index contributed by atoms with van der Waals surface area (Å²) < 4.78 is 15.6. The molecule has 3 aromatic heterocycles. The van der Waals surface area contributed by atoms with Gasteiger partial charge in [-0.15, -0.1) is 0 Å². The number of amides is 4. The number of hydrogen-bond donors (Lipinski definition) is 4. The first kappa shape index (κ1) is 46.7. The van der Waals surface area contributed by atoms with Crippen LogP contribution in [0.2, 0.25) is 0 Å². The van der Waals surface area contributed by atoms with E-state index in [2.05, 4.69) is 44.0 Å². The van der Waals surface area contributed by atoms with Gasteiger partial charge < -0.3 is 44.4 Å². The van der Waals surface area contributed by atoms with Gasteiger partial charge in [0.05, 0.1) is 60.7 Å². The number of likely N-dealkylation sites (tertiary alicyclic amines) is 2. The fourth-order valence-corrected chi connectivity index (χ4v) is 11.8. The SMILES string of the molecule is COC(=O)N[C@H](C(=O)N1CCC[C@H]1c1ncc(-c2ccc(-c3ccc(-c4ccc5nc([C@@H]6CCCN6C(=O)[C@@H](NC(=O)OC)C(C)C)[nH]c(=O)c5c4)c4c3CC3(CCCC3)C4)c3cnoc23)[nH]1)C(C)C. The minimum atomic E-state index is -0.782. The van der Waals surface area contributed by atoms with Crippen molar-refractivity contribution in [1.29, 1.82) is 0 Å². The first-order valence-electron chi connectivity index (χ1n) is 24.7. The Hall–Kier alpha value is -7.04. The predicted octanol–water partition coefficient (Wildman–Crippen LogP) is 8.54. The summed E-state index contributed by atoms with van der Waals surface area (Å²) in [6.07, 6.45) is 11.8. The van der Waals surface area contributed by atoms with Gasteiger partial charge in [-0.05, 0) is 120 Å². The number of carbonyl (C=O) groups excluding carboxylic acids is 4. The van der Waals surface area contributed by atoms with E-state index in [-0.39, 0.29) is 40.7 Å². The molecule has 366 valence electrons. The number of H-pyrrole nitrogens is 2. The van der Waals surface area contributed by atoms with Gasteiger partial charge in [0.1, 0.15) is 23.7 Å². The number of methoxy groups -OCH3 is 2. The van der Waals surface area contributed by atoms with Gasteiger partial charge in [0, 0.05) is 18.7 Å². The van der Waals surface area contributed by atoms with Crippen molar-refractivity contribution in [3.8, 4) is 33.5 Å². The molecule has 4 aliphatic rings. The second kappa shape index (κ2) is 18.7. The Bertz CT molecular complexity index is 3070. The third-order valence-electron chi connectivity index (χ3n) is 15.4. The largest absolute Gasteiger partial charge is 0.453 e. The van der Waals surface area contributed by atoms with Crippen LogP contribution in [0.5, 0.6) is 0 Å². The normalized spacial score (nSPS) is 19.4. The summed E-state index contributed by atoms with van der Waals surface area (Å²) in [5.74, 6) is 0.371. The second-order valence-corrected chi connectivity index (χ2v) is 20.4. The Morgan fingerprint density at radius 2 is 1.30 bits per heavy atom. The molecule has 5 heterocycles. The summed E-state index contributed by atoms with van der Waals surface area (Å²) >= 11 is 0. The second-order valence-electron chi connectivity index (χ2n) is 20.4. The van der Waals surface area contributed by atoms with Crippen LogP contribution in [-0.2, 0) is 31.9 Å². The zero-order valence-corrected chi connectivity index (χ0v) is 40.6. The molecule has 4 N–H and O–H groups in total. The highest BCUT2D eigenvalue weighted by molar-refractivity contribution is 6.02. The summed E-state index contributed by atoms with van der Waals surface area (Å²) in [6.45, 7) is 8.58. The molecule has 1 saturated carbocycles. The molecule has 2 saturated heterocycles. The topological polar surface area (TPSA) is 218 Å². The molecule has 3 aromatic carbocycles. The quantitative estimate of drug-likeness (QED) is 0.0965. The van der Waals surface area contributed by atoms with Crippen LogP contribution in [0, 0.1) is 17.3 Å². The van der Waals surface area contributed by atoms with Crippen molar-refractivity contribution in [3.63, 3.8) is 0 Å². The van der Waals surface area contributed by atoms with Crippen molar-refractivity contribution in [1.82, 2.24) is 45.5 Å². The minimum Gasteiger partial charge on any atom is -0.453 e. The standard InChI is InChI=1S/C53H61N9O8/c1-28(2)43(58-51(66)68-5)49(64)61-21-9-11-41(61)46-54-27-40(57-46)34-17-16-33(38-26-55-70-45(34)38)32-15-14-31(36-24-53(25-37(32)36)19-7-8-20-53)30-13-18-39-35(23-30)48(63)60-47(56-39)42-12-10-22-62(42)50(65)44(29(3)4)59-52(67)69-6/h13-18,23,26-29,41-44H,7-12,19-22,24-25H2,1-6H3,(H,54,57)(H,58,66)(H,59,67)(H,56,60,63)/t41-,42-,43-,44-/m0/s1. The molecule has 4 amide bonds. The molecule has 70 heavy (non-hydrogen) atoms. The molecule has 10 rings (SSSR count). The van der Waals surface area contributed by atoms with E-state index >= 15 is 0 Å². The number of nitrogens with one attached hydrogen (secondary N) is 4. The first-order chi connectivity index (χ1) is 33.8. The maximum Gasteiger partial charge on any atom is 0.407 e. The number of imidazole rings is 1. The molecule has 6 aromatic rings. The highest BCUT2D eigenvalue weighted by Crippen LogP contribution is 2.54. The van der Waals surface area contributed by atoms with Crippen LogP contribution in [0.4, 0.5) is 9.59 Å². The van der Waals surface area contributed by atoms with E-state index in [4.69, 9.17) is 24.0 Å². The molecule has 3 fully saturated rings. The fourth-order valence-electron chi connectivity index (χ4n) is 11.8. The molecule has 0 bridgehead atoms. The van der Waals surface area contributed by atoms with Crippen LogP contribution in [0.3, 0.4) is 0 Å². The van der Waals surface area contributed by atoms with Gasteiger partial charge in [0.15, 0.2) is 5.58 Å². The van der Waals surface area contributed by atoms with Gasteiger partial charge >= 0.3 is 12.2 Å². The first-order valence-corrected chi connectivity index (χ1v) is 24.7. The Morgan fingerprint density at radius 1 is 0.714 bits per heavy atom. The van der Waals surface area contributed by atoms with E-state index < -0.39 is 30.3 Å². The fraction of sp³-hybridized carbons (Fsp3) is 0.472. The number of nitrogens with zero attached hydrogens (tertiary/aromatic N) is 5. The Balaban J connectivity index is 0.955.